The zero-order valence-corrected chi connectivity index (χ0v) is 8.79. The van der Waals surface area contributed by atoms with Crippen molar-refractivity contribution in [3.8, 4) is 0 Å². The van der Waals surface area contributed by atoms with Crippen LogP contribution in [0.4, 0.5) is 0 Å². The molecule has 2 heteroatoms. The Morgan fingerprint density at radius 2 is 2.00 bits per heavy atom. The van der Waals surface area contributed by atoms with Crippen LogP contribution in [0.2, 0.25) is 0 Å². The van der Waals surface area contributed by atoms with Crippen LogP contribution in [0.25, 0.3) is 0 Å². The number of ether oxygens (including phenoxy) is 1. The standard InChI is InChI=1S/C12H17NO/c1-12(2)9-13-8-11(14-12)10-6-4-3-5-7-10/h3-7,11,13H,8-9H2,1-2H3/t11-/m1/s1. The fraction of sp³-hybridized carbons (Fsp3) is 0.500. The van der Waals surface area contributed by atoms with Crippen molar-refractivity contribution in [1.82, 2.24) is 5.32 Å². The van der Waals surface area contributed by atoms with Crippen molar-refractivity contribution in [2.24, 2.45) is 0 Å². The van der Waals surface area contributed by atoms with Gasteiger partial charge in [-0.05, 0) is 19.4 Å². The summed E-state index contributed by atoms with van der Waals surface area (Å²) in [5.41, 5.74) is 1.20. The van der Waals surface area contributed by atoms with Gasteiger partial charge in [-0.15, -0.1) is 0 Å². The summed E-state index contributed by atoms with van der Waals surface area (Å²) in [5.74, 6) is 0. The van der Waals surface area contributed by atoms with E-state index in [1.165, 1.54) is 5.56 Å². The van der Waals surface area contributed by atoms with Gasteiger partial charge in [0.1, 0.15) is 0 Å². The molecule has 1 aliphatic heterocycles. The predicted octanol–water partition coefficient (Wildman–Crippen LogP) is 2.13. The summed E-state index contributed by atoms with van der Waals surface area (Å²) in [6.45, 7) is 6.08. The van der Waals surface area contributed by atoms with E-state index in [0.717, 1.165) is 13.1 Å². The van der Waals surface area contributed by atoms with Gasteiger partial charge in [0.05, 0.1) is 11.7 Å². The van der Waals surface area contributed by atoms with Crippen LogP contribution in [0.1, 0.15) is 25.5 Å². The highest BCUT2D eigenvalue weighted by molar-refractivity contribution is 5.18. The molecule has 0 saturated carbocycles. The van der Waals surface area contributed by atoms with Crippen molar-refractivity contribution < 1.29 is 4.74 Å². The maximum absolute atomic E-state index is 6.00. The van der Waals surface area contributed by atoms with E-state index in [2.05, 4.69) is 43.4 Å². The van der Waals surface area contributed by atoms with Crippen LogP contribution in [-0.2, 0) is 4.74 Å². The molecule has 1 aromatic carbocycles. The van der Waals surface area contributed by atoms with Gasteiger partial charge in [0.15, 0.2) is 0 Å². The average Bonchev–Trinajstić information content (AvgIpc) is 2.18. The fourth-order valence-corrected chi connectivity index (χ4v) is 1.83. The summed E-state index contributed by atoms with van der Waals surface area (Å²) in [6, 6.07) is 10.4. The second-order valence-electron chi connectivity index (χ2n) is 4.41. The molecule has 76 valence electrons. The topological polar surface area (TPSA) is 21.3 Å². The van der Waals surface area contributed by atoms with Crippen LogP contribution in [0.5, 0.6) is 0 Å². The largest absolute Gasteiger partial charge is 0.365 e. The molecule has 1 atom stereocenters. The average molecular weight is 191 g/mol. The summed E-state index contributed by atoms with van der Waals surface area (Å²) in [4.78, 5) is 0. The third-order valence-corrected chi connectivity index (χ3v) is 2.51. The third-order valence-electron chi connectivity index (χ3n) is 2.51. The third kappa shape index (κ3) is 2.14. The molecule has 0 unspecified atom stereocenters. The van der Waals surface area contributed by atoms with E-state index in [1.54, 1.807) is 0 Å². The minimum Gasteiger partial charge on any atom is -0.365 e. The highest BCUT2D eigenvalue weighted by Crippen LogP contribution is 2.26. The van der Waals surface area contributed by atoms with Crippen molar-refractivity contribution in [2.45, 2.75) is 25.6 Å². The smallest absolute Gasteiger partial charge is 0.0957 e. The summed E-state index contributed by atoms with van der Waals surface area (Å²) >= 11 is 0. The van der Waals surface area contributed by atoms with Gasteiger partial charge in [0.2, 0.25) is 0 Å². The first-order valence-electron chi connectivity index (χ1n) is 5.11. The molecule has 2 nitrogen and oxygen atoms in total. The fourth-order valence-electron chi connectivity index (χ4n) is 1.83. The van der Waals surface area contributed by atoms with Gasteiger partial charge in [-0.1, -0.05) is 30.3 Å². The van der Waals surface area contributed by atoms with Gasteiger partial charge in [0.25, 0.3) is 0 Å². The van der Waals surface area contributed by atoms with E-state index in [0.29, 0.717) is 0 Å². The van der Waals surface area contributed by atoms with Gasteiger partial charge in [-0.2, -0.15) is 0 Å². The highest BCUT2D eigenvalue weighted by Gasteiger charge is 2.28. The SMILES string of the molecule is CC1(C)CNC[C@H](c2ccccc2)O1. The molecule has 1 heterocycles. The lowest BCUT2D eigenvalue weighted by atomic mass is 10.0. The van der Waals surface area contributed by atoms with Crippen LogP contribution in [0, 0.1) is 0 Å². The van der Waals surface area contributed by atoms with E-state index >= 15 is 0 Å². The molecule has 1 aromatic rings. The molecule has 0 aliphatic carbocycles. The van der Waals surface area contributed by atoms with E-state index in [1.807, 2.05) is 6.07 Å². The quantitative estimate of drug-likeness (QED) is 0.734. The lowest BCUT2D eigenvalue weighted by Gasteiger charge is -2.36. The van der Waals surface area contributed by atoms with Crippen LogP contribution in [0.3, 0.4) is 0 Å². The Morgan fingerprint density at radius 1 is 1.29 bits per heavy atom. The first kappa shape index (κ1) is 9.69. The van der Waals surface area contributed by atoms with Crippen LogP contribution >= 0.6 is 0 Å². The Bertz CT molecular complexity index is 294. The number of rotatable bonds is 1. The maximum atomic E-state index is 6.00. The normalized spacial score (nSPS) is 26.0. The van der Waals surface area contributed by atoms with Crippen LogP contribution in [0.15, 0.2) is 30.3 Å². The minimum absolute atomic E-state index is 0.0568. The Hall–Kier alpha value is -0.860. The Kier molecular flexibility index (Phi) is 2.57. The molecule has 14 heavy (non-hydrogen) atoms. The van der Waals surface area contributed by atoms with Crippen molar-refractivity contribution in [3.63, 3.8) is 0 Å². The van der Waals surface area contributed by atoms with Gasteiger partial charge in [0, 0.05) is 13.1 Å². The molecule has 2 rings (SSSR count). The predicted molar refractivity (Wildman–Crippen MR) is 57.2 cm³/mol. The number of morpholine rings is 1. The van der Waals surface area contributed by atoms with Gasteiger partial charge in [-0.25, -0.2) is 0 Å². The Balaban J connectivity index is 2.12. The van der Waals surface area contributed by atoms with Gasteiger partial charge in [-0.3, -0.25) is 0 Å². The van der Waals surface area contributed by atoms with E-state index < -0.39 is 0 Å². The van der Waals surface area contributed by atoms with E-state index in [4.69, 9.17) is 4.74 Å². The molecule has 0 radical (unpaired) electrons. The summed E-state index contributed by atoms with van der Waals surface area (Å²) in [5, 5.41) is 3.40. The summed E-state index contributed by atoms with van der Waals surface area (Å²) < 4.78 is 6.00. The number of hydrogen-bond donors (Lipinski definition) is 1. The van der Waals surface area contributed by atoms with E-state index in [-0.39, 0.29) is 11.7 Å². The van der Waals surface area contributed by atoms with Crippen molar-refractivity contribution in [2.75, 3.05) is 13.1 Å². The molecule has 0 bridgehead atoms. The highest BCUT2D eigenvalue weighted by atomic mass is 16.5. The molecule has 0 aromatic heterocycles. The summed E-state index contributed by atoms with van der Waals surface area (Å²) in [6.07, 6.45) is 0.194. The van der Waals surface area contributed by atoms with E-state index in [9.17, 15) is 0 Å². The summed E-state index contributed by atoms with van der Waals surface area (Å²) in [7, 11) is 0. The lowest BCUT2D eigenvalue weighted by Crippen LogP contribution is -2.46. The maximum Gasteiger partial charge on any atom is 0.0957 e. The molecule has 1 aliphatic rings. The van der Waals surface area contributed by atoms with Crippen molar-refractivity contribution in [3.05, 3.63) is 35.9 Å². The number of hydrogen-bond acceptors (Lipinski definition) is 2. The zero-order valence-electron chi connectivity index (χ0n) is 8.79. The molecule has 0 spiro atoms. The molecule has 1 N–H and O–H groups in total. The Morgan fingerprint density at radius 3 is 2.64 bits per heavy atom. The molecule has 0 amide bonds. The molecular formula is C12H17NO. The minimum atomic E-state index is -0.0568. The lowest BCUT2D eigenvalue weighted by molar-refractivity contribution is -0.0958. The van der Waals surface area contributed by atoms with Crippen molar-refractivity contribution in [1.29, 1.82) is 0 Å². The second-order valence-corrected chi connectivity index (χ2v) is 4.41. The zero-order chi connectivity index (χ0) is 10.0. The van der Waals surface area contributed by atoms with Crippen LogP contribution < -0.4 is 5.32 Å². The first-order valence-corrected chi connectivity index (χ1v) is 5.11. The van der Waals surface area contributed by atoms with Crippen LogP contribution in [-0.4, -0.2) is 18.7 Å². The monoisotopic (exact) mass is 191 g/mol. The molecule has 1 fully saturated rings. The van der Waals surface area contributed by atoms with Crippen molar-refractivity contribution >= 4 is 0 Å². The first-order chi connectivity index (χ1) is 6.67. The molecule has 1 saturated heterocycles. The number of nitrogens with one attached hydrogen (secondary N) is 1. The number of benzene rings is 1. The second kappa shape index (κ2) is 3.71. The van der Waals surface area contributed by atoms with Gasteiger partial charge < -0.3 is 10.1 Å². The Labute approximate surface area is 85.3 Å². The molecular weight excluding hydrogens is 174 g/mol. The van der Waals surface area contributed by atoms with Gasteiger partial charge >= 0.3 is 0 Å².